The van der Waals surface area contributed by atoms with Gasteiger partial charge in [-0.1, -0.05) is 41.4 Å². The molecule has 0 unspecified atom stereocenters. The van der Waals surface area contributed by atoms with Crippen molar-refractivity contribution in [1.29, 1.82) is 0 Å². The molecule has 7 heteroatoms. The first-order valence-corrected chi connectivity index (χ1v) is 8.54. The Morgan fingerprint density at radius 3 is 1.88 bits per heavy atom. The minimum Gasteiger partial charge on any atom is -0.466 e. The summed E-state index contributed by atoms with van der Waals surface area (Å²) in [4.78, 5) is 24.7. The fourth-order valence-corrected chi connectivity index (χ4v) is 3.20. The van der Waals surface area contributed by atoms with Gasteiger partial charge in [0.1, 0.15) is 0 Å². The summed E-state index contributed by atoms with van der Waals surface area (Å²) < 4.78 is 9.78. The molecule has 0 saturated carbocycles. The first kappa shape index (κ1) is 20.1. The standard InChI is InChI=1S/C19H19Cl2NO4/c1-10-16(18(23)25-3)14(17(11(2)22-10)19(24)26-4)9-15(21)12-5-7-13(20)8-6-12/h5-9,14,22H,1-4H3. The highest BCUT2D eigenvalue weighted by Crippen LogP contribution is 2.35. The summed E-state index contributed by atoms with van der Waals surface area (Å²) in [6.45, 7) is 3.47. The van der Waals surface area contributed by atoms with Crippen LogP contribution in [0.1, 0.15) is 19.4 Å². The number of hydrogen-bond acceptors (Lipinski definition) is 5. The second-order valence-electron chi connectivity index (χ2n) is 5.68. The molecule has 2 rings (SSSR count). The Bertz CT molecular complexity index is 784. The summed E-state index contributed by atoms with van der Waals surface area (Å²) in [6, 6.07) is 6.93. The minimum absolute atomic E-state index is 0.297. The van der Waals surface area contributed by atoms with E-state index in [-0.39, 0.29) is 0 Å². The van der Waals surface area contributed by atoms with Gasteiger partial charge in [-0.25, -0.2) is 9.59 Å². The van der Waals surface area contributed by atoms with Crippen LogP contribution >= 0.6 is 23.2 Å². The average molecular weight is 396 g/mol. The summed E-state index contributed by atoms with van der Waals surface area (Å²) in [5.74, 6) is -1.81. The van der Waals surface area contributed by atoms with Gasteiger partial charge in [0.25, 0.3) is 0 Å². The summed E-state index contributed by atoms with van der Waals surface area (Å²) in [7, 11) is 2.57. The second-order valence-corrected chi connectivity index (χ2v) is 6.53. The Labute approximate surface area is 162 Å². The van der Waals surface area contributed by atoms with Crippen molar-refractivity contribution in [3.8, 4) is 0 Å². The number of ether oxygens (including phenoxy) is 2. The van der Waals surface area contributed by atoms with Gasteiger partial charge in [0, 0.05) is 27.4 Å². The molecule has 5 nitrogen and oxygen atoms in total. The third-order valence-electron chi connectivity index (χ3n) is 4.05. The smallest absolute Gasteiger partial charge is 0.336 e. The number of nitrogens with one attached hydrogen (secondary N) is 1. The van der Waals surface area contributed by atoms with E-state index in [9.17, 15) is 9.59 Å². The van der Waals surface area contributed by atoms with Crippen LogP contribution in [0.3, 0.4) is 0 Å². The summed E-state index contributed by atoms with van der Waals surface area (Å²) in [6.07, 6.45) is 1.64. The van der Waals surface area contributed by atoms with Gasteiger partial charge in [0.15, 0.2) is 0 Å². The molecule has 0 amide bonds. The number of hydrogen-bond donors (Lipinski definition) is 1. The molecule has 26 heavy (non-hydrogen) atoms. The van der Waals surface area contributed by atoms with Crippen molar-refractivity contribution >= 4 is 40.2 Å². The van der Waals surface area contributed by atoms with Crippen LogP contribution in [0, 0.1) is 5.92 Å². The van der Waals surface area contributed by atoms with Crippen molar-refractivity contribution in [2.75, 3.05) is 14.2 Å². The zero-order valence-electron chi connectivity index (χ0n) is 14.9. The number of allylic oxidation sites excluding steroid dienone is 3. The van der Waals surface area contributed by atoms with E-state index < -0.39 is 17.9 Å². The quantitative estimate of drug-likeness (QED) is 0.779. The van der Waals surface area contributed by atoms with Crippen molar-refractivity contribution in [1.82, 2.24) is 5.32 Å². The van der Waals surface area contributed by atoms with Crippen LogP contribution in [-0.2, 0) is 19.1 Å². The third kappa shape index (κ3) is 4.11. The Morgan fingerprint density at radius 1 is 1.00 bits per heavy atom. The predicted octanol–water partition coefficient (Wildman–Crippen LogP) is 4.03. The molecule has 0 atom stereocenters. The van der Waals surface area contributed by atoms with E-state index in [0.717, 1.165) is 0 Å². The van der Waals surface area contributed by atoms with Crippen LogP contribution in [-0.4, -0.2) is 26.2 Å². The number of rotatable bonds is 4. The van der Waals surface area contributed by atoms with E-state index in [1.54, 1.807) is 44.2 Å². The molecule has 0 aliphatic carbocycles. The molecule has 0 bridgehead atoms. The molecular weight excluding hydrogens is 377 g/mol. The predicted molar refractivity (Wildman–Crippen MR) is 101 cm³/mol. The first-order chi connectivity index (χ1) is 12.3. The lowest BCUT2D eigenvalue weighted by atomic mass is 9.84. The SMILES string of the molecule is COC(=O)C1=C(C)NC(C)=C(C(=O)OC)C1C=C(Cl)c1ccc(Cl)cc1. The number of carbonyl (C=O) groups excluding carboxylic acids is 2. The molecule has 0 saturated heterocycles. The highest BCUT2D eigenvalue weighted by Gasteiger charge is 2.35. The fourth-order valence-electron chi connectivity index (χ4n) is 2.83. The number of dihydropyridines is 1. The normalized spacial score (nSPS) is 15.7. The van der Waals surface area contributed by atoms with E-state index in [0.29, 0.717) is 38.2 Å². The van der Waals surface area contributed by atoms with Crippen molar-refractivity contribution < 1.29 is 19.1 Å². The van der Waals surface area contributed by atoms with Gasteiger partial charge in [-0.05, 0) is 31.5 Å². The lowest BCUT2D eigenvalue weighted by molar-refractivity contribution is -0.137. The minimum atomic E-state index is -0.709. The zero-order chi connectivity index (χ0) is 19.4. The molecule has 1 N–H and O–H groups in total. The average Bonchev–Trinajstić information content (AvgIpc) is 2.61. The van der Waals surface area contributed by atoms with Crippen LogP contribution in [0.15, 0.2) is 52.9 Å². The summed E-state index contributed by atoms with van der Waals surface area (Å²) in [5.41, 5.74) is 2.47. The highest BCUT2D eigenvalue weighted by molar-refractivity contribution is 6.48. The van der Waals surface area contributed by atoms with Crippen molar-refractivity contribution in [2.45, 2.75) is 13.8 Å². The van der Waals surface area contributed by atoms with E-state index >= 15 is 0 Å². The van der Waals surface area contributed by atoms with Crippen LogP contribution < -0.4 is 5.32 Å². The monoisotopic (exact) mass is 395 g/mol. The number of halogens is 2. The number of esters is 2. The van der Waals surface area contributed by atoms with Gasteiger partial charge >= 0.3 is 11.9 Å². The van der Waals surface area contributed by atoms with Crippen molar-refractivity contribution in [2.24, 2.45) is 5.92 Å². The van der Waals surface area contributed by atoms with Crippen LogP contribution in [0.2, 0.25) is 5.02 Å². The number of carbonyl (C=O) groups is 2. The van der Waals surface area contributed by atoms with Gasteiger partial charge in [-0.15, -0.1) is 0 Å². The van der Waals surface area contributed by atoms with Gasteiger partial charge in [0.05, 0.1) is 25.4 Å². The van der Waals surface area contributed by atoms with Gasteiger partial charge in [0.2, 0.25) is 0 Å². The molecule has 138 valence electrons. The Kier molecular flexibility index (Phi) is 6.51. The Hall–Kier alpha value is -2.24. The zero-order valence-corrected chi connectivity index (χ0v) is 16.4. The molecule has 0 aromatic heterocycles. The van der Waals surface area contributed by atoms with E-state index in [1.165, 1.54) is 14.2 Å². The molecule has 1 aliphatic heterocycles. The molecule has 0 spiro atoms. The van der Waals surface area contributed by atoms with Gasteiger partial charge in [-0.3, -0.25) is 0 Å². The van der Waals surface area contributed by atoms with Gasteiger partial charge < -0.3 is 14.8 Å². The Balaban J connectivity index is 2.60. The van der Waals surface area contributed by atoms with Crippen LogP contribution in [0.25, 0.3) is 5.03 Å². The van der Waals surface area contributed by atoms with Gasteiger partial charge in [-0.2, -0.15) is 0 Å². The third-order valence-corrected chi connectivity index (χ3v) is 4.64. The van der Waals surface area contributed by atoms with E-state index in [4.69, 9.17) is 32.7 Å². The lowest BCUT2D eigenvalue weighted by Crippen LogP contribution is -2.32. The second kappa shape index (κ2) is 8.43. The topological polar surface area (TPSA) is 64.6 Å². The highest BCUT2D eigenvalue weighted by atomic mass is 35.5. The lowest BCUT2D eigenvalue weighted by Gasteiger charge is -2.28. The van der Waals surface area contributed by atoms with Crippen molar-refractivity contribution in [3.63, 3.8) is 0 Å². The van der Waals surface area contributed by atoms with E-state index in [2.05, 4.69) is 5.32 Å². The largest absolute Gasteiger partial charge is 0.466 e. The summed E-state index contributed by atoms with van der Waals surface area (Å²) in [5, 5.41) is 3.98. The van der Waals surface area contributed by atoms with E-state index in [1.807, 2.05) is 0 Å². The van der Waals surface area contributed by atoms with Crippen LogP contribution in [0.4, 0.5) is 0 Å². The molecule has 1 aliphatic rings. The molecule has 1 aromatic rings. The van der Waals surface area contributed by atoms with Crippen molar-refractivity contribution in [3.05, 3.63) is 63.5 Å². The maximum Gasteiger partial charge on any atom is 0.336 e. The first-order valence-electron chi connectivity index (χ1n) is 7.78. The number of methoxy groups -OCH3 is 2. The van der Waals surface area contributed by atoms with Crippen LogP contribution in [0.5, 0.6) is 0 Å². The molecule has 0 radical (unpaired) electrons. The molecule has 0 fully saturated rings. The maximum atomic E-state index is 12.3. The Morgan fingerprint density at radius 2 is 1.46 bits per heavy atom. The molecular formula is C19H19Cl2NO4. The number of benzene rings is 1. The fraction of sp³-hybridized carbons (Fsp3) is 0.263. The summed E-state index contributed by atoms with van der Waals surface area (Å²) >= 11 is 12.4. The maximum absolute atomic E-state index is 12.3. The molecule has 1 heterocycles. The molecule has 1 aromatic carbocycles.